The molecule has 0 unspecified atom stereocenters. The topological polar surface area (TPSA) is 89.5 Å². The average molecular weight is 440 g/mol. The molecule has 162 valence electrons. The van der Waals surface area contributed by atoms with E-state index in [1.807, 2.05) is 0 Å². The van der Waals surface area contributed by atoms with Crippen molar-refractivity contribution in [2.24, 2.45) is 0 Å². The number of hydrogen-bond acceptors (Lipinski definition) is 4. The van der Waals surface area contributed by atoms with Crippen LogP contribution in [0, 0.1) is 17.0 Å². The average Bonchev–Trinajstić information content (AvgIpc) is 3.11. The number of nitro benzene ring substituents is 1. The van der Waals surface area contributed by atoms with Gasteiger partial charge in [-0.1, -0.05) is 24.3 Å². The number of nitrogens with one attached hydrogen (secondary N) is 1. The van der Waals surface area contributed by atoms with E-state index in [9.17, 15) is 28.1 Å². The molecule has 0 radical (unpaired) electrons. The van der Waals surface area contributed by atoms with Crippen molar-refractivity contribution >= 4 is 23.1 Å². The van der Waals surface area contributed by atoms with Gasteiger partial charge in [-0.05, 0) is 37.3 Å². The third-order valence-electron chi connectivity index (χ3n) is 4.92. The van der Waals surface area contributed by atoms with Crippen molar-refractivity contribution in [3.05, 3.63) is 93.7 Å². The number of hydrogen-bond donors (Lipinski definition) is 1. The number of carbonyl (C=O) groups is 1. The first kappa shape index (κ1) is 21.0. The Kier molecular flexibility index (Phi) is 5.13. The zero-order chi connectivity index (χ0) is 23.0. The van der Waals surface area contributed by atoms with Crippen molar-refractivity contribution in [2.45, 2.75) is 13.1 Å². The Morgan fingerprint density at radius 1 is 1.09 bits per heavy atom. The van der Waals surface area contributed by atoms with Gasteiger partial charge < -0.3 is 5.32 Å². The van der Waals surface area contributed by atoms with Crippen molar-refractivity contribution in [2.75, 3.05) is 5.32 Å². The first-order valence-electron chi connectivity index (χ1n) is 9.36. The number of imidazole rings is 1. The van der Waals surface area contributed by atoms with Crippen LogP contribution in [0.2, 0.25) is 0 Å². The second kappa shape index (κ2) is 7.80. The van der Waals surface area contributed by atoms with Gasteiger partial charge in [-0.2, -0.15) is 13.2 Å². The van der Waals surface area contributed by atoms with Crippen molar-refractivity contribution in [1.29, 1.82) is 0 Å². The van der Waals surface area contributed by atoms with Gasteiger partial charge in [0.05, 0.1) is 10.5 Å². The Hall–Kier alpha value is -4.21. The Bertz CT molecular complexity index is 1350. The van der Waals surface area contributed by atoms with E-state index in [1.165, 1.54) is 30.3 Å². The summed E-state index contributed by atoms with van der Waals surface area (Å²) in [4.78, 5) is 28.0. The minimum absolute atomic E-state index is 0.0616. The number of fused-ring (bicyclic) bond motifs is 1. The number of alkyl halides is 3. The Morgan fingerprint density at radius 2 is 1.81 bits per heavy atom. The summed E-state index contributed by atoms with van der Waals surface area (Å²) in [6.45, 7) is 1.56. The van der Waals surface area contributed by atoms with Crippen LogP contribution in [0.4, 0.5) is 24.7 Å². The van der Waals surface area contributed by atoms with Gasteiger partial charge in [0.15, 0.2) is 0 Å². The fraction of sp³-hybridized carbons (Fsp3) is 0.0909. The number of nitro groups is 1. The van der Waals surface area contributed by atoms with Gasteiger partial charge in [0.1, 0.15) is 17.2 Å². The van der Waals surface area contributed by atoms with E-state index in [1.54, 1.807) is 35.7 Å². The van der Waals surface area contributed by atoms with Gasteiger partial charge in [0.25, 0.3) is 11.6 Å². The molecule has 32 heavy (non-hydrogen) atoms. The molecule has 2 heterocycles. The number of pyridine rings is 1. The largest absolute Gasteiger partial charge is 0.416 e. The second-order valence-corrected chi connectivity index (χ2v) is 7.03. The van der Waals surface area contributed by atoms with E-state index in [4.69, 9.17) is 0 Å². The summed E-state index contributed by atoms with van der Waals surface area (Å²) in [5.74, 6) is -0.388. The molecule has 0 aliphatic heterocycles. The van der Waals surface area contributed by atoms with Crippen LogP contribution in [-0.2, 0) is 6.18 Å². The number of rotatable bonds is 4. The van der Waals surface area contributed by atoms with Crippen LogP contribution in [0.25, 0.3) is 16.9 Å². The zero-order valence-corrected chi connectivity index (χ0v) is 16.6. The maximum absolute atomic E-state index is 12.9. The number of amides is 1. The first-order chi connectivity index (χ1) is 15.1. The van der Waals surface area contributed by atoms with Crippen LogP contribution in [0.3, 0.4) is 0 Å². The molecule has 1 N–H and O–H groups in total. The molecule has 4 rings (SSSR count). The third-order valence-corrected chi connectivity index (χ3v) is 4.92. The van der Waals surface area contributed by atoms with E-state index < -0.39 is 22.6 Å². The molecule has 0 spiro atoms. The van der Waals surface area contributed by atoms with Gasteiger partial charge in [-0.15, -0.1) is 0 Å². The lowest BCUT2D eigenvalue weighted by atomic mass is 10.1. The summed E-state index contributed by atoms with van der Waals surface area (Å²) < 4.78 is 40.3. The van der Waals surface area contributed by atoms with Crippen LogP contribution < -0.4 is 5.32 Å². The van der Waals surface area contributed by atoms with Crippen LogP contribution in [-0.4, -0.2) is 20.2 Å². The fourth-order valence-electron chi connectivity index (χ4n) is 3.26. The Morgan fingerprint density at radius 3 is 2.47 bits per heavy atom. The molecule has 0 fully saturated rings. The highest BCUT2D eigenvalue weighted by Crippen LogP contribution is 2.33. The van der Waals surface area contributed by atoms with E-state index in [0.717, 1.165) is 12.1 Å². The maximum atomic E-state index is 12.9. The molecule has 0 bridgehead atoms. The summed E-state index contributed by atoms with van der Waals surface area (Å²) in [6, 6.07) is 13.6. The fourth-order valence-corrected chi connectivity index (χ4v) is 3.26. The lowest BCUT2D eigenvalue weighted by Crippen LogP contribution is -2.14. The zero-order valence-electron chi connectivity index (χ0n) is 16.6. The quantitative estimate of drug-likeness (QED) is 0.336. The van der Waals surface area contributed by atoms with Crippen LogP contribution >= 0.6 is 0 Å². The SMILES string of the molecule is Cc1ccc(C(=O)Nc2c(-c3ccc(C(F)(F)F)cc3)nc3ccccn23)cc1[N+](=O)[O-]. The molecule has 0 atom stereocenters. The monoisotopic (exact) mass is 440 g/mol. The summed E-state index contributed by atoms with van der Waals surface area (Å²) in [5, 5.41) is 13.9. The summed E-state index contributed by atoms with van der Waals surface area (Å²) in [5.41, 5.74) is 0.569. The van der Waals surface area contributed by atoms with Crippen molar-refractivity contribution in [3.8, 4) is 11.3 Å². The highest BCUT2D eigenvalue weighted by molar-refractivity contribution is 6.06. The number of aryl methyl sites for hydroxylation is 1. The number of halogens is 3. The number of benzene rings is 2. The summed E-state index contributed by atoms with van der Waals surface area (Å²) in [6.07, 6.45) is -2.84. The highest BCUT2D eigenvalue weighted by Gasteiger charge is 2.30. The van der Waals surface area contributed by atoms with Crippen molar-refractivity contribution in [3.63, 3.8) is 0 Å². The van der Waals surface area contributed by atoms with Crippen LogP contribution in [0.15, 0.2) is 66.9 Å². The molecule has 4 aromatic rings. The minimum Gasteiger partial charge on any atom is -0.306 e. The number of aromatic nitrogens is 2. The molecule has 2 aromatic heterocycles. The van der Waals surface area contributed by atoms with Crippen molar-refractivity contribution in [1.82, 2.24) is 9.38 Å². The first-order valence-corrected chi connectivity index (χ1v) is 9.36. The van der Waals surface area contributed by atoms with Crippen molar-refractivity contribution < 1.29 is 22.9 Å². The minimum atomic E-state index is -4.48. The molecule has 10 heteroatoms. The highest BCUT2D eigenvalue weighted by atomic mass is 19.4. The summed E-state index contributed by atoms with van der Waals surface area (Å²) in [7, 11) is 0. The van der Waals surface area contributed by atoms with Crippen LogP contribution in [0.1, 0.15) is 21.5 Å². The Labute approximate surface area is 179 Å². The number of anilines is 1. The molecule has 7 nitrogen and oxygen atoms in total. The van der Waals surface area contributed by atoms with Gasteiger partial charge in [-0.25, -0.2) is 4.98 Å². The lowest BCUT2D eigenvalue weighted by molar-refractivity contribution is -0.385. The Balaban J connectivity index is 1.77. The number of nitrogens with zero attached hydrogens (tertiary/aromatic N) is 3. The molecular formula is C22H15F3N4O3. The van der Waals surface area contributed by atoms with E-state index in [0.29, 0.717) is 16.8 Å². The summed E-state index contributed by atoms with van der Waals surface area (Å²) >= 11 is 0. The molecule has 2 aromatic carbocycles. The van der Waals surface area contributed by atoms with Gasteiger partial charge in [0, 0.05) is 29.0 Å². The van der Waals surface area contributed by atoms with E-state index in [2.05, 4.69) is 10.3 Å². The molecular weight excluding hydrogens is 425 g/mol. The van der Waals surface area contributed by atoms with Crippen LogP contribution in [0.5, 0.6) is 0 Å². The van der Waals surface area contributed by atoms with E-state index >= 15 is 0 Å². The predicted octanol–water partition coefficient (Wildman–Crippen LogP) is 5.49. The maximum Gasteiger partial charge on any atom is 0.416 e. The molecule has 1 amide bonds. The van der Waals surface area contributed by atoms with Gasteiger partial charge in [-0.3, -0.25) is 19.3 Å². The van der Waals surface area contributed by atoms with Gasteiger partial charge in [0.2, 0.25) is 0 Å². The molecule has 0 aliphatic carbocycles. The molecule has 0 saturated heterocycles. The van der Waals surface area contributed by atoms with Gasteiger partial charge >= 0.3 is 6.18 Å². The number of carbonyl (C=O) groups excluding carboxylic acids is 1. The molecule has 0 aliphatic rings. The normalized spacial score (nSPS) is 11.5. The van der Waals surface area contributed by atoms with E-state index in [-0.39, 0.29) is 22.8 Å². The predicted molar refractivity (Wildman–Crippen MR) is 111 cm³/mol. The third kappa shape index (κ3) is 3.89. The second-order valence-electron chi connectivity index (χ2n) is 7.03. The smallest absolute Gasteiger partial charge is 0.306 e. The lowest BCUT2D eigenvalue weighted by Gasteiger charge is -2.10. The standard InChI is InChI=1S/C22H15F3N4O3/c1-13-5-6-15(12-17(13)29(31)32)21(30)27-20-19(26-18-4-2-3-11-28(18)20)14-7-9-16(10-8-14)22(23,24)25/h2-12H,1H3,(H,27,30). The molecule has 0 saturated carbocycles.